The lowest BCUT2D eigenvalue weighted by molar-refractivity contribution is -0.102. The van der Waals surface area contributed by atoms with Gasteiger partial charge in [0.2, 0.25) is 0 Å². The Labute approximate surface area is 141 Å². The van der Waals surface area contributed by atoms with E-state index < -0.39 is 0 Å². The van der Waals surface area contributed by atoms with Crippen LogP contribution in [0.4, 0.5) is 0 Å². The minimum Gasteiger partial charge on any atom is -0.378 e. The summed E-state index contributed by atoms with van der Waals surface area (Å²) in [6.07, 6.45) is 0.888. The lowest BCUT2D eigenvalue weighted by Gasteiger charge is -2.31. The predicted molar refractivity (Wildman–Crippen MR) is 96.2 cm³/mol. The molecule has 0 radical (unpaired) electrons. The fourth-order valence-electron chi connectivity index (χ4n) is 3.69. The van der Waals surface area contributed by atoms with E-state index in [0.29, 0.717) is 18.9 Å². The summed E-state index contributed by atoms with van der Waals surface area (Å²) in [5.74, 6) is 0. The molecule has 1 atom stereocenters. The highest BCUT2D eigenvalue weighted by Gasteiger charge is 2.31. The molecule has 2 heterocycles. The number of benzene rings is 2. The van der Waals surface area contributed by atoms with Crippen LogP contribution in [0.15, 0.2) is 53.2 Å². The number of rotatable bonds is 3. The molecule has 0 N–H and O–H groups in total. The Kier molecular flexibility index (Phi) is 3.90. The number of hydrogen-bond donors (Lipinski definition) is 0. The Hall–Kier alpha value is -2.46. The first-order chi connectivity index (χ1) is 11.8. The van der Waals surface area contributed by atoms with Crippen molar-refractivity contribution in [2.45, 2.75) is 13.0 Å². The van der Waals surface area contributed by atoms with Crippen molar-refractivity contribution in [3.05, 3.63) is 53.7 Å². The molecule has 1 saturated heterocycles. The maximum Gasteiger partial charge on any atom is 0.170 e. The van der Waals surface area contributed by atoms with Crippen molar-refractivity contribution in [3.8, 4) is 0 Å². The summed E-state index contributed by atoms with van der Waals surface area (Å²) < 4.78 is 5.47. The van der Waals surface area contributed by atoms with Crippen molar-refractivity contribution in [2.24, 2.45) is 4.99 Å². The maximum atomic E-state index is 11.6. The molecule has 2 aliphatic rings. The van der Waals surface area contributed by atoms with Gasteiger partial charge in [-0.3, -0.25) is 9.79 Å². The molecule has 4 nitrogen and oxygen atoms in total. The number of carbonyl (C=O) groups is 1. The van der Waals surface area contributed by atoms with Crippen LogP contribution in [0.2, 0.25) is 0 Å². The highest BCUT2D eigenvalue weighted by Crippen LogP contribution is 2.36. The quantitative estimate of drug-likeness (QED) is 0.817. The third-order valence-electron chi connectivity index (χ3n) is 4.77. The van der Waals surface area contributed by atoms with Crippen LogP contribution >= 0.6 is 0 Å². The van der Waals surface area contributed by atoms with Crippen LogP contribution in [0.25, 0.3) is 16.3 Å². The molecule has 0 saturated carbocycles. The average Bonchev–Trinajstić information content (AvgIpc) is 2.98. The van der Waals surface area contributed by atoms with E-state index in [0.717, 1.165) is 30.6 Å². The molecule has 2 aliphatic heterocycles. The zero-order valence-corrected chi connectivity index (χ0v) is 13.7. The molecule has 1 unspecified atom stereocenters. The monoisotopic (exact) mass is 320 g/mol. The second-order valence-electron chi connectivity index (χ2n) is 6.20. The molecular formula is C20H20N2O2. The Morgan fingerprint density at radius 2 is 1.88 bits per heavy atom. The smallest absolute Gasteiger partial charge is 0.170 e. The molecule has 1 fully saturated rings. The summed E-state index contributed by atoms with van der Waals surface area (Å²) in [5, 5.41) is 2.41. The van der Waals surface area contributed by atoms with Crippen LogP contribution in [0.1, 0.15) is 12.5 Å². The third kappa shape index (κ3) is 2.43. The molecule has 4 heteroatoms. The number of ether oxygens (including phenoxy) is 1. The zero-order valence-electron chi connectivity index (χ0n) is 13.7. The Bertz CT molecular complexity index is 842. The summed E-state index contributed by atoms with van der Waals surface area (Å²) in [6.45, 7) is 5.03. The fourth-order valence-corrected chi connectivity index (χ4v) is 3.69. The number of morpholine rings is 1. The SMILES string of the molecule is CC1N=C(C=O)C(N2CCOCC2)=C1c1cccc2ccccc12. The van der Waals surface area contributed by atoms with Crippen LogP contribution < -0.4 is 0 Å². The van der Waals surface area contributed by atoms with Gasteiger partial charge < -0.3 is 9.64 Å². The van der Waals surface area contributed by atoms with Gasteiger partial charge in [-0.2, -0.15) is 0 Å². The van der Waals surface area contributed by atoms with Gasteiger partial charge in [-0.05, 0) is 23.3 Å². The molecule has 2 aromatic carbocycles. The van der Waals surface area contributed by atoms with Gasteiger partial charge in [0.15, 0.2) is 6.29 Å². The molecule has 24 heavy (non-hydrogen) atoms. The number of allylic oxidation sites excluding steroid dienone is 1. The van der Waals surface area contributed by atoms with Gasteiger partial charge in [0.05, 0.1) is 25.0 Å². The van der Waals surface area contributed by atoms with Crippen molar-refractivity contribution in [2.75, 3.05) is 26.3 Å². The van der Waals surface area contributed by atoms with Gasteiger partial charge in [-0.25, -0.2) is 0 Å². The number of carbonyl (C=O) groups excluding carboxylic acids is 1. The first kappa shape index (κ1) is 15.1. The van der Waals surface area contributed by atoms with Crippen molar-refractivity contribution < 1.29 is 9.53 Å². The first-order valence-corrected chi connectivity index (χ1v) is 8.38. The summed E-state index contributed by atoms with van der Waals surface area (Å²) in [6, 6.07) is 14.7. The fraction of sp³-hybridized carbons (Fsp3) is 0.300. The van der Waals surface area contributed by atoms with Gasteiger partial charge in [-0.15, -0.1) is 0 Å². The normalized spacial score (nSPS) is 21.3. The highest BCUT2D eigenvalue weighted by atomic mass is 16.5. The van der Waals surface area contributed by atoms with Gasteiger partial charge in [0.1, 0.15) is 5.71 Å². The van der Waals surface area contributed by atoms with Crippen LogP contribution in [-0.2, 0) is 9.53 Å². The molecule has 0 amide bonds. The van der Waals surface area contributed by atoms with Gasteiger partial charge >= 0.3 is 0 Å². The minimum absolute atomic E-state index is 0.0196. The van der Waals surface area contributed by atoms with Crippen LogP contribution in [0, 0.1) is 0 Å². The second-order valence-corrected chi connectivity index (χ2v) is 6.20. The lowest BCUT2D eigenvalue weighted by Crippen LogP contribution is -2.38. The molecule has 0 aliphatic carbocycles. The van der Waals surface area contributed by atoms with Crippen molar-refractivity contribution in [3.63, 3.8) is 0 Å². The van der Waals surface area contributed by atoms with E-state index in [-0.39, 0.29) is 6.04 Å². The Balaban J connectivity index is 1.93. The van der Waals surface area contributed by atoms with Gasteiger partial charge in [0.25, 0.3) is 0 Å². The highest BCUT2D eigenvalue weighted by molar-refractivity contribution is 6.39. The summed E-state index contributed by atoms with van der Waals surface area (Å²) in [4.78, 5) is 18.5. The molecule has 2 aromatic rings. The van der Waals surface area contributed by atoms with E-state index in [1.807, 2.05) is 0 Å². The number of fused-ring (bicyclic) bond motifs is 1. The van der Waals surface area contributed by atoms with Crippen LogP contribution in [0.3, 0.4) is 0 Å². The van der Waals surface area contributed by atoms with Crippen LogP contribution in [0.5, 0.6) is 0 Å². The van der Waals surface area contributed by atoms with Crippen molar-refractivity contribution in [1.82, 2.24) is 4.90 Å². The van der Waals surface area contributed by atoms with E-state index in [4.69, 9.17) is 4.74 Å². The molecular weight excluding hydrogens is 300 g/mol. The van der Waals surface area contributed by atoms with E-state index >= 15 is 0 Å². The minimum atomic E-state index is -0.0196. The Morgan fingerprint density at radius 1 is 1.12 bits per heavy atom. The van der Waals surface area contributed by atoms with E-state index in [1.54, 1.807) is 0 Å². The second kappa shape index (κ2) is 6.21. The molecule has 0 spiro atoms. The lowest BCUT2D eigenvalue weighted by atomic mass is 9.93. The first-order valence-electron chi connectivity index (χ1n) is 8.38. The number of nitrogens with zero attached hydrogens (tertiary/aromatic N) is 2. The van der Waals surface area contributed by atoms with Crippen molar-refractivity contribution in [1.29, 1.82) is 0 Å². The average molecular weight is 320 g/mol. The Morgan fingerprint density at radius 3 is 2.67 bits per heavy atom. The summed E-state index contributed by atoms with van der Waals surface area (Å²) in [5.41, 5.74) is 3.86. The van der Waals surface area contributed by atoms with E-state index in [2.05, 4.69) is 59.3 Å². The van der Waals surface area contributed by atoms with Crippen molar-refractivity contribution >= 4 is 28.3 Å². The van der Waals surface area contributed by atoms with E-state index in [1.165, 1.54) is 16.3 Å². The third-order valence-corrected chi connectivity index (χ3v) is 4.77. The maximum absolute atomic E-state index is 11.6. The molecule has 0 aromatic heterocycles. The van der Waals surface area contributed by atoms with Gasteiger partial charge in [0, 0.05) is 18.7 Å². The topological polar surface area (TPSA) is 41.9 Å². The zero-order chi connectivity index (χ0) is 16.5. The van der Waals surface area contributed by atoms with Crippen LogP contribution in [-0.4, -0.2) is 49.2 Å². The number of aldehydes is 1. The number of aliphatic imine (C=N–C) groups is 1. The standard InChI is InChI=1S/C20H20N2O2/c1-14-19(17-8-4-6-15-5-2-3-7-16(15)17)20(18(13-23)21-14)22-9-11-24-12-10-22/h2-8,13-14H,9-12H2,1H3. The summed E-state index contributed by atoms with van der Waals surface area (Å²) in [7, 11) is 0. The van der Waals surface area contributed by atoms with E-state index in [9.17, 15) is 4.79 Å². The summed E-state index contributed by atoms with van der Waals surface area (Å²) >= 11 is 0. The molecule has 4 rings (SSSR count). The molecule has 0 bridgehead atoms. The largest absolute Gasteiger partial charge is 0.378 e. The van der Waals surface area contributed by atoms with Gasteiger partial charge in [-0.1, -0.05) is 42.5 Å². The number of hydrogen-bond acceptors (Lipinski definition) is 4. The predicted octanol–water partition coefficient (Wildman–Crippen LogP) is 2.93. The molecule has 122 valence electrons.